The van der Waals surface area contributed by atoms with Crippen LogP contribution in [0, 0.1) is 0 Å². The minimum atomic E-state index is -0.952. The standard InChI is InChI=1S/C14H17NO4/c1-3-12(14(18)19-2)15-9-11(13(16)17)10-7-5-4-6-8-10/h3-8,11-12,15H,1,9H2,2H3,(H,16,17). The molecule has 2 N–H and O–H groups in total. The van der Waals surface area contributed by atoms with Gasteiger partial charge in [-0.25, -0.2) is 0 Å². The molecule has 2 unspecified atom stereocenters. The minimum absolute atomic E-state index is 0.116. The van der Waals surface area contributed by atoms with Gasteiger partial charge in [-0.2, -0.15) is 0 Å². The van der Waals surface area contributed by atoms with Gasteiger partial charge >= 0.3 is 11.9 Å². The molecular weight excluding hydrogens is 246 g/mol. The fraction of sp³-hybridized carbons (Fsp3) is 0.286. The second-order valence-electron chi connectivity index (χ2n) is 3.95. The van der Waals surface area contributed by atoms with Gasteiger partial charge < -0.3 is 15.2 Å². The van der Waals surface area contributed by atoms with Crippen molar-refractivity contribution < 1.29 is 19.4 Å². The Morgan fingerprint density at radius 2 is 2.05 bits per heavy atom. The SMILES string of the molecule is C=CC(NCC(C(=O)O)c1ccccc1)C(=O)OC. The summed E-state index contributed by atoms with van der Waals surface area (Å²) in [6.45, 7) is 3.63. The molecule has 0 saturated carbocycles. The molecule has 1 rings (SSSR count). The lowest BCUT2D eigenvalue weighted by atomic mass is 9.99. The lowest BCUT2D eigenvalue weighted by molar-refractivity contribution is -0.143. The summed E-state index contributed by atoms with van der Waals surface area (Å²) in [6, 6.07) is 8.13. The second-order valence-corrected chi connectivity index (χ2v) is 3.95. The normalized spacial score (nSPS) is 13.3. The highest BCUT2D eigenvalue weighted by Gasteiger charge is 2.22. The van der Waals surface area contributed by atoms with Crippen molar-refractivity contribution in [2.24, 2.45) is 0 Å². The predicted octanol–water partition coefficient (Wildman–Crippen LogP) is 1.17. The smallest absolute Gasteiger partial charge is 0.326 e. The fourth-order valence-corrected chi connectivity index (χ4v) is 1.67. The van der Waals surface area contributed by atoms with Crippen molar-refractivity contribution in [3.8, 4) is 0 Å². The average molecular weight is 263 g/mol. The van der Waals surface area contributed by atoms with E-state index in [0.717, 1.165) is 0 Å². The molecule has 0 spiro atoms. The largest absolute Gasteiger partial charge is 0.481 e. The van der Waals surface area contributed by atoms with Crippen LogP contribution in [0.1, 0.15) is 11.5 Å². The van der Waals surface area contributed by atoms with Crippen LogP contribution in [0.4, 0.5) is 0 Å². The molecule has 2 atom stereocenters. The van der Waals surface area contributed by atoms with Gasteiger partial charge in [-0.15, -0.1) is 6.58 Å². The highest BCUT2D eigenvalue weighted by atomic mass is 16.5. The fourth-order valence-electron chi connectivity index (χ4n) is 1.67. The summed E-state index contributed by atoms with van der Waals surface area (Å²) in [4.78, 5) is 22.6. The van der Waals surface area contributed by atoms with Crippen molar-refractivity contribution in [3.63, 3.8) is 0 Å². The van der Waals surface area contributed by atoms with Crippen LogP contribution < -0.4 is 5.32 Å². The minimum Gasteiger partial charge on any atom is -0.481 e. The molecule has 0 aliphatic carbocycles. The molecule has 19 heavy (non-hydrogen) atoms. The van der Waals surface area contributed by atoms with Crippen LogP contribution in [0.15, 0.2) is 43.0 Å². The number of hydrogen-bond acceptors (Lipinski definition) is 4. The van der Waals surface area contributed by atoms with Gasteiger partial charge in [-0.3, -0.25) is 9.59 Å². The first-order valence-electron chi connectivity index (χ1n) is 5.81. The summed E-state index contributed by atoms with van der Waals surface area (Å²) in [5.41, 5.74) is 0.676. The first-order valence-corrected chi connectivity index (χ1v) is 5.81. The number of carbonyl (C=O) groups excluding carboxylic acids is 1. The van der Waals surface area contributed by atoms with Gasteiger partial charge in [0.05, 0.1) is 13.0 Å². The summed E-state index contributed by atoms with van der Waals surface area (Å²) >= 11 is 0. The number of carbonyl (C=O) groups is 2. The molecule has 0 bridgehead atoms. The first-order chi connectivity index (χ1) is 9.10. The van der Waals surface area contributed by atoms with Crippen molar-refractivity contribution in [2.45, 2.75) is 12.0 Å². The van der Waals surface area contributed by atoms with Crippen molar-refractivity contribution in [3.05, 3.63) is 48.6 Å². The number of aliphatic carboxylic acids is 1. The Morgan fingerprint density at radius 3 is 2.53 bits per heavy atom. The van der Waals surface area contributed by atoms with E-state index in [1.165, 1.54) is 13.2 Å². The number of carboxylic acid groups (broad SMARTS) is 1. The van der Waals surface area contributed by atoms with Gasteiger partial charge in [0.2, 0.25) is 0 Å². The lowest BCUT2D eigenvalue weighted by Gasteiger charge is -2.17. The summed E-state index contributed by atoms with van der Waals surface area (Å²) < 4.78 is 4.58. The number of methoxy groups -OCH3 is 1. The summed E-state index contributed by atoms with van der Waals surface area (Å²) in [5.74, 6) is -2.17. The van der Waals surface area contributed by atoms with E-state index in [1.807, 2.05) is 6.07 Å². The maximum atomic E-state index is 11.4. The van der Waals surface area contributed by atoms with Crippen molar-refractivity contribution in [2.75, 3.05) is 13.7 Å². The maximum Gasteiger partial charge on any atom is 0.326 e. The first kappa shape index (κ1) is 14.9. The van der Waals surface area contributed by atoms with Crippen LogP contribution in [-0.4, -0.2) is 36.7 Å². The van der Waals surface area contributed by atoms with Crippen molar-refractivity contribution in [1.82, 2.24) is 5.32 Å². The molecule has 1 aromatic rings. The van der Waals surface area contributed by atoms with Crippen LogP contribution in [0.5, 0.6) is 0 Å². The molecule has 0 radical (unpaired) electrons. The van der Waals surface area contributed by atoms with Crippen LogP contribution in [0.25, 0.3) is 0 Å². The zero-order valence-electron chi connectivity index (χ0n) is 10.7. The Labute approximate surface area is 111 Å². The zero-order chi connectivity index (χ0) is 14.3. The molecule has 102 valence electrons. The van der Waals surface area contributed by atoms with E-state index in [1.54, 1.807) is 24.3 Å². The zero-order valence-corrected chi connectivity index (χ0v) is 10.7. The van der Waals surface area contributed by atoms with Crippen LogP contribution in [0.3, 0.4) is 0 Å². The van der Waals surface area contributed by atoms with Gasteiger partial charge in [-0.05, 0) is 5.56 Å². The van der Waals surface area contributed by atoms with Gasteiger partial charge in [0.25, 0.3) is 0 Å². The molecule has 0 aliphatic heterocycles. The summed E-state index contributed by atoms with van der Waals surface area (Å²) in [6.07, 6.45) is 1.38. The molecule has 1 aromatic carbocycles. The number of nitrogens with one attached hydrogen (secondary N) is 1. The molecule has 0 heterocycles. The molecule has 5 heteroatoms. The van der Waals surface area contributed by atoms with Gasteiger partial charge in [0, 0.05) is 6.54 Å². The highest BCUT2D eigenvalue weighted by molar-refractivity contribution is 5.79. The van der Waals surface area contributed by atoms with E-state index < -0.39 is 23.9 Å². The monoisotopic (exact) mass is 263 g/mol. The van der Waals surface area contributed by atoms with Crippen LogP contribution in [0.2, 0.25) is 0 Å². The lowest BCUT2D eigenvalue weighted by Crippen LogP contribution is -2.39. The quantitative estimate of drug-likeness (QED) is 0.570. The third-order valence-electron chi connectivity index (χ3n) is 2.73. The topological polar surface area (TPSA) is 75.6 Å². The van der Waals surface area contributed by atoms with Gasteiger partial charge in [0.1, 0.15) is 6.04 Å². The van der Waals surface area contributed by atoms with E-state index in [2.05, 4.69) is 16.6 Å². The number of carboxylic acids is 1. The van der Waals surface area contributed by atoms with Crippen molar-refractivity contribution in [1.29, 1.82) is 0 Å². The Bertz CT molecular complexity index is 444. The molecule has 0 aliphatic rings. The molecular formula is C14H17NO4. The second kappa shape index (κ2) is 7.33. The summed E-state index contributed by atoms with van der Waals surface area (Å²) in [5, 5.41) is 12.1. The van der Waals surface area contributed by atoms with E-state index in [9.17, 15) is 14.7 Å². The maximum absolute atomic E-state index is 11.4. The van der Waals surface area contributed by atoms with E-state index in [0.29, 0.717) is 5.56 Å². The predicted molar refractivity (Wildman–Crippen MR) is 70.8 cm³/mol. The number of hydrogen-bond donors (Lipinski definition) is 2. The summed E-state index contributed by atoms with van der Waals surface area (Å²) in [7, 11) is 1.27. The van der Waals surface area contributed by atoms with Gasteiger partial charge in [0.15, 0.2) is 0 Å². The number of rotatable bonds is 7. The number of esters is 1. The molecule has 0 fully saturated rings. The van der Waals surface area contributed by atoms with Crippen LogP contribution in [-0.2, 0) is 14.3 Å². The van der Waals surface area contributed by atoms with Gasteiger partial charge in [-0.1, -0.05) is 36.4 Å². The molecule has 0 amide bonds. The van der Waals surface area contributed by atoms with E-state index in [4.69, 9.17) is 0 Å². The Hall–Kier alpha value is -2.14. The molecule has 5 nitrogen and oxygen atoms in total. The highest BCUT2D eigenvalue weighted by Crippen LogP contribution is 2.15. The Balaban J connectivity index is 2.73. The molecule has 0 saturated heterocycles. The Morgan fingerprint density at radius 1 is 1.42 bits per heavy atom. The van der Waals surface area contributed by atoms with Crippen molar-refractivity contribution >= 4 is 11.9 Å². The Kier molecular flexibility index (Phi) is 5.75. The van der Waals surface area contributed by atoms with Crippen LogP contribution >= 0.6 is 0 Å². The van der Waals surface area contributed by atoms with E-state index in [-0.39, 0.29) is 6.54 Å². The molecule has 0 aromatic heterocycles. The number of ether oxygens (including phenoxy) is 1. The third-order valence-corrected chi connectivity index (χ3v) is 2.73. The number of benzene rings is 1. The third kappa shape index (κ3) is 4.22. The average Bonchev–Trinajstić information content (AvgIpc) is 2.43. The van der Waals surface area contributed by atoms with E-state index >= 15 is 0 Å².